The Bertz CT molecular complexity index is 591. The predicted octanol–water partition coefficient (Wildman–Crippen LogP) is 1.84. The van der Waals surface area contributed by atoms with E-state index in [-0.39, 0.29) is 11.3 Å². The van der Waals surface area contributed by atoms with Crippen LogP contribution >= 0.6 is 11.8 Å². The van der Waals surface area contributed by atoms with E-state index in [0.29, 0.717) is 13.1 Å². The van der Waals surface area contributed by atoms with Crippen molar-refractivity contribution < 1.29 is 4.79 Å². The van der Waals surface area contributed by atoms with Crippen LogP contribution in [-0.2, 0) is 11.3 Å². The maximum absolute atomic E-state index is 12.4. The lowest BCUT2D eigenvalue weighted by molar-refractivity contribution is -0.117. The highest BCUT2D eigenvalue weighted by Crippen LogP contribution is 2.28. The molecule has 1 aromatic rings. The van der Waals surface area contributed by atoms with Crippen LogP contribution in [0.5, 0.6) is 0 Å². The summed E-state index contributed by atoms with van der Waals surface area (Å²) in [6, 6.07) is 8.25. The van der Waals surface area contributed by atoms with Crippen molar-refractivity contribution in [3.8, 4) is 0 Å². The van der Waals surface area contributed by atoms with E-state index < -0.39 is 0 Å². The van der Waals surface area contributed by atoms with E-state index in [1.807, 2.05) is 23.9 Å². The summed E-state index contributed by atoms with van der Waals surface area (Å²) >= 11 is 2.03. The first-order chi connectivity index (χ1) is 12.1. The van der Waals surface area contributed by atoms with E-state index in [2.05, 4.69) is 34.2 Å². The van der Waals surface area contributed by atoms with Gasteiger partial charge in [0.05, 0.1) is 6.54 Å². The molecule has 2 aliphatic rings. The Morgan fingerprint density at radius 1 is 1.28 bits per heavy atom. The first-order valence-electron chi connectivity index (χ1n) is 9.18. The standard InChI is InChI=1S/C19H30N4OS/c1-19(14-20)5-6-23(15-19)13-18(24)21-17-4-2-3-16(11-17)12-22-7-9-25-10-8-22/h2-4,11H,5-10,12-15,20H2,1H3,(H,21,24). The molecule has 3 rings (SSSR count). The Morgan fingerprint density at radius 3 is 2.80 bits per heavy atom. The van der Waals surface area contributed by atoms with Gasteiger partial charge in [-0.1, -0.05) is 19.1 Å². The van der Waals surface area contributed by atoms with Crippen molar-refractivity contribution in [2.75, 3.05) is 56.1 Å². The summed E-state index contributed by atoms with van der Waals surface area (Å²) in [6.07, 6.45) is 1.07. The van der Waals surface area contributed by atoms with Crippen LogP contribution in [0.25, 0.3) is 0 Å². The van der Waals surface area contributed by atoms with Crippen LogP contribution in [0.3, 0.4) is 0 Å². The van der Waals surface area contributed by atoms with Crippen LogP contribution in [0.2, 0.25) is 0 Å². The Morgan fingerprint density at radius 2 is 2.08 bits per heavy atom. The van der Waals surface area contributed by atoms with Gasteiger partial charge in [-0.05, 0) is 42.6 Å². The van der Waals surface area contributed by atoms with Crippen molar-refractivity contribution in [2.45, 2.75) is 19.9 Å². The smallest absolute Gasteiger partial charge is 0.238 e. The Balaban J connectivity index is 1.50. The zero-order valence-electron chi connectivity index (χ0n) is 15.2. The maximum atomic E-state index is 12.4. The molecule has 3 N–H and O–H groups in total. The monoisotopic (exact) mass is 362 g/mol. The minimum Gasteiger partial charge on any atom is -0.330 e. The third-order valence-electron chi connectivity index (χ3n) is 5.22. The van der Waals surface area contributed by atoms with E-state index in [0.717, 1.165) is 44.8 Å². The fourth-order valence-corrected chi connectivity index (χ4v) is 4.57. The Labute approximate surface area is 155 Å². The number of benzene rings is 1. The summed E-state index contributed by atoms with van der Waals surface area (Å²) < 4.78 is 0. The second-order valence-electron chi connectivity index (χ2n) is 7.61. The van der Waals surface area contributed by atoms with Crippen LogP contribution in [0.1, 0.15) is 18.9 Å². The molecule has 0 aliphatic carbocycles. The third-order valence-corrected chi connectivity index (χ3v) is 6.16. The SMILES string of the molecule is CC1(CN)CCN(CC(=O)Nc2cccc(CN3CCSCC3)c2)C1. The Kier molecular flexibility index (Phi) is 6.39. The number of carbonyl (C=O) groups is 1. The number of rotatable bonds is 6. The van der Waals surface area contributed by atoms with Crippen LogP contribution in [-0.4, -0.2) is 66.5 Å². The highest BCUT2D eigenvalue weighted by atomic mass is 32.2. The van der Waals surface area contributed by atoms with E-state index in [4.69, 9.17) is 5.73 Å². The van der Waals surface area contributed by atoms with Gasteiger partial charge in [-0.2, -0.15) is 11.8 Å². The molecule has 0 bridgehead atoms. The van der Waals surface area contributed by atoms with Crippen molar-refractivity contribution in [3.63, 3.8) is 0 Å². The fourth-order valence-electron chi connectivity index (χ4n) is 3.60. The summed E-state index contributed by atoms with van der Waals surface area (Å²) in [7, 11) is 0. The topological polar surface area (TPSA) is 61.6 Å². The first kappa shape index (κ1) is 18.7. The van der Waals surface area contributed by atoms with Gasteiger partial charge in [0, 0.05) is 43.4 Å². The predicted molar refractivity (Wildman–Crippen MR) is 106 cm³/mol. The van der Waals surface area contributed by atoms with Gasteiger partial charge in [-0.15, -0.1) is 0 Å². The van der Waals surface area contributed by atoms with Gasteiger partial charge >= 0.3 is 0 Å². The van der Waals surface area contributed by atoms with Gasteiger partial charge in [-0.25, -0.2) is 0 Å². The Hall–Kier alpha value is -1.08. The van der Waals surface area contributed by atoms with Crippen LogP contribution in [0.15, 0.2) is 24.3 Å². The van der Waals surface area contributed by atoms with Crippen molar-refractivity contribution in [2.24, 2.45) is 11.1 Å². The lowest BCUT2D eigenvalue weighted by Crippen LogP contribution is -2.35. The van der Waals surface area contributed by atoms with Gasteiger partial charge in [0.15, 0.2) is 0 Å². The normalized spacial score (nSPS) is 25.2. The van der Waals surface area contributed by atoms with E-state index in [9.17, 15) is 4.79 Å². The average Bonchev–Trinajstić information content (AvgIpc) is 2.97. The molecule has 0 radical (unpaired) electrons. The molecule has 0 saturated carbocycles. The quantitative estimate of drug-likeness (QED) is 0.809. The zero-order valence-corrected chi connectivity index (χ0v) is 16.0. The van der Waals surface area contributed by atoms with Crippen LogP contribution < -0.4 is 11.1 Å². The molecule has 6 heteroatoms. The number of hydrogen-bond acceptors (Lipinski definition) is 5. The zero-order chi connectivity index (χ0) is 17.7. The molecule has 0 spiro atoms. The molecular formula is C19H30N4OS. The third kappa shape index (κ3) is 5.45. The molecule has 1 atom stereocenters. The molecule has 25 heavy (non-hydrogen) atoms. The van der Waals surface area contributed by atoms with E-state index >= 15 is 0 Å². The van der Waals surface area contributed by atoms with Gasteiger partial charge < -0.3 is 11.1 Å². The summed E-state index contributed by atoms with van der Waals surface area (Å²) in [4.78, 5) is 17.1. The minimum absolute atomic E-state index is 0.0628. The highest BCUT2D eigenvalue weighted by Gasteiger charge is 2.33. The number of likely N-dealkylation sites (tertiary alicyclic amines) is 1. The lowest BCUT2D eigenvalue weighted by atomic mass is 9.90. The number of hydrogen-bond donors (Lipinski definition) is 2. The van der Waals surface area contributed by atoms with Gasteiger partial charge in [-0.3, -0.25) is 14.6 Å². The largest absolute Gasteiger partial charge is 0.330 e. The fraction of sp³-hybridized carbons (Fsp3) is 0.632. The van der Waals surface area contributed by atoms with Gasteiger partial charge in [0.2, 0.25) is 5.91 Å². The maximum Gasteiger partial charge on any atom is 0.238 e. The first-order valence-corrected chi connectivity index (χ1v) is 10.3. The second kappa shape index (κ2) is 8.54. The number of carbonyl (C=O) groups excluding carboxylic acids is 1. The number of thioether (sulfide) groups is 1. The lowest BCUT2D eigenvalue weighted by Gasteiger charge is -2.26. The number of nitrogens with zero attached hydrogens (tertiary/aromatic N) is 2. The van der Waals surface area contributed by atoms with Crippen molar-refractivity contribution in [1.29, 1.82) is 0 Å². The van der Waals surface area contributed by atoms with Crippen LogP contribution in [0, 0.1) is 5.41 Å². The molecule has 0 aromatic heterocycles. The van der Waals surface area contributed by atoms with Crippen molar-refractivity contribution >= 4 is 23.4 Å². The molecule has 1 unspecified atom stereocenters. The van der Waals surface area contributed by atoms with Crippen molar-refractivity contribution in [1.82, 2.24) is 9.80 Å². The van der Waals surface area contributed by atoms with Gasteiger partial charge in [0.25, 0.3) is 0 Å². The van der Waals surface area contributed by atoms with Crippen molar-refractivity contribution in [3.05, 3.63) is 29.8 Å². The molecule has 2 saturated heterocycles. The molecule has 5 nitrogen and oxygen atoms in total. The molecule has 2 heterocycles. The number of nitrogens with two attached hydrogens (primary N) is 1. The molecule has 1 amide bonds. The minimum atomic E-state index is 0.0628. The van der Waals surface area contributed by atoms with Gasteiger partial charge in [0.1, 0.15) is 0 Å². The number of anilines is 1. The highest BCUT2D eigenvalue weighted by molar-refractivity contribution is 7.99. The average molecular weight is 363 g/mol. The summed E-state index contributed by atoms with van der Waals surface area (Å²) in [5.74, 6) is 2.50. The molecule has 2 fully saturated rings. The van der Waals surface area contributed by atoms with Crippen LogP contribution in [0.4, 0.5) is 5.69 Å². The summed E-state index contributed by atoms with van der Waals surface area (Å²) in [6.45, 7) is 8.45. The second-order valence-corrected chi connectivity index (χ2v) is 8.84. The summed E-state index contributed by atoms with van der Waals surface area (Å²) in [5.41, 5.74) is 8.17. The van der Waals surface area contributed by atoms with E-state index in [1.165, 1.54) is 17.1 Å². The number of nitrogens with one attached hydrogen (secondary N) is 1. The molecule has 138 valence electrons. The number of amides is 1. The molecule has 1 aromatic carbocycles. The molecular weight excluding hydrogens is 332 g/mol. The summed E-state index contributed by atoms with van der Waals surface area (Å²) in [5, 5.41) is 3.06. The van der Waals surface area contributed by atoms with E-state index in [1.54, 1.807) is 0 Å². The molecule has 2 aliphatic heterocycles.